The van der Waals surface area contributed by atoms with Crippen molar-refractivity contribution in [2.75, 3.05) is 26.8 Å². The predicted molar refractivity (Wildman–Crippen MR) is 144 cm³/mol. The normalized spacial score (nSPS) is 18.3. The van der Waals surface area contributed by atoms with Crippen molar-refractivity contribution in [3.63, 3.8) is 0 Å². The summed E-state index contributed by atoms with van der Waals surface area (Å²) in [6, 6.07) is 14.5. The topological polar surface area (TPSA) is 59.0 Å². The minimum Gasteiger partial charge on any atom is -0.444 e. The summed E-state index contributed by atoms with van der Waals surface area (Å²) >= 11 is 3.64. The average molecular weight is 547 g/mol. The van der Waals surface area contributed by atoms with Gasteiger partial charge in [0.25, 0.3) is 0 Å². The van der Waals surface area contributed by atoms with E-state index in [1.165, 1.54) is 5.56 Å². The van der Waals surface area contributed by atoms with E-state index in [1.807, 2.05) is 32.9 Å². The maximum absolute atomic E-state index is 12.9. The van der Waals surface area contributed by atoms with Crippen LogP contribution in [0.1, 0.15) is 64.0 Å². The highest BCUT2D eigenvalue weighted by molar-refractivity contribution is 9.10. The number of aliphatic hydroxyl groups is 1. The molecule has 1 heterocycles. The Hall–Kier alpha value is -1.89. The Labute approximate surface area is 218 Å². The molecule has 35 heavy (non-hydrogen) atoms. The Morgan fingerprint density at radius 1 is 1.17 bits per heavy atom. The van der Waals surface area contributed by atoms with Crippen molar-refractivity contribution in [3.8, 4) is 11.1 Å². The summed E-state index contributed by atoms with van der Waals surface area (Å²) in [5, 5.41) is 12.5. The number of hydrogen-bond acceptors (Lipinski definition) is 4. The van der Waals surface area contributed by atoms with Crippen molar-refractivity contribution in [2.24, 2.45) is 5.92 Å². The van der Waals surface area contributed by atoms with Crippen LogP contribution in [0.15, 0.2) is 46.9 Å². The number of methoxy groups -OCH3 is 1. The van der Waals surface area contributed by atoms with Crippen LogP contribution in [0, 0.1) is 12.8 Å². The molecule has 0 bridgehead atoms. The van der Waals surface area contributed by atoms with Crippen LogP contribution in [0.2, 0.25) is 0 Å². The zero-order valence-electron chi connectivity index (χ0n) is 21.8. The smallest absolute Gasteiger partial charge is 0.410 e. The van der Waals surface area contributed by atoms with E-state index < -0.39 is 11.2 Å². The molecule has 1 saturated heterocycles. The fourth-order valence-electron chi connectivity index (χ4n) is 5.00. The van der Waals surface area contributed by atoms with Gasteiger partial charge in [-0.25, -0.2) is 4.79 Å². The molecule has 2 aromatic carbocycles. The van der Waals surface area contributed by atoms with Crippen molar-refractivity contribution in [1.29, 1.82) is 0 Å². The Balaban J connectivity index is 2.01. The highest BCUT2D eigenvalue weighted by Crippen LogP contribution is 2.44. The number of benzene rings is 2. The molecule has 2 atom stereocenters. The van der Waals surface area contributed by atoms with Gasteiger partial charge in [-0.3, -0.25) is 0 Å². The number of carbonyl (C=O) groups is 1. The lowest BCUT2D eigenvalue weighted by Gasteiger charge is -2.43. The van der Waals surface area contributed by atoms with E-state index in [0.29, 0.717) is 26.1 Å². The molecule has 5 nitrogen and oxygen atoms in total. The number of piperidine rings is 1. The summed E-state index contributed by atoms with van der Waals surface area (Å²) in [5.74, 6) is -0.101. The zero-order valence-corrected chi connectivity index (χ0v) is 23.4. The summed E-state index contributed by atoms with van der Waals surface area (Å²) in [6.45, 7) is 9.51. The van der Waals surface area contributed by atoms with Gasteiger partial charge in [0.05, 0.1) is 5.60 Å². The van der Waals surface area contributed by atoms with Crippen molar-refractivity contribution in [3.05, 3.63) is 58.1 Å². The summed E-state index contributed by atoms with van der Waals surface area (Å²) in [6.07, 6.45) is 3.68. The van der Waals surface area contributed by atoms with Crippen LogP contribution in [0.25, 0.3) is 11.1 Å². The van der Waals surface area contributed by atoms with Crippen LogP contribution in [0.5, 0.6) is 0 Å². The highest BCUT2D eigenvalue weighted by Gasteiger charge is 2.43. The number of nitrogens with zero attached hydrogens (tertiary/aromatic N) is 1. The van der Waals surface area contributed by atoms with Crippen LogP contribution < -0.4 is 0 Å². The molecule has 0 aromatic heterocycles. The molecular weight excluding hydrogens is 506 g/mol. The van der Waals surface area contributed by atoms with Gasteiger partial charge in [-0.05, 0) is 88.6 Å². The molecule has 0 spiro atoms. The first-order chi connectivity index (χ1) is 16.5. The molecular formula is C29H40BrNO4. The Bertz CT molecular complexity index is 1000. The van der Waals surface area contributed by atoms with Crippen molar-refractivity contribution < 1.29 is 19.4 Å². The SMILES string of the molecule is COCCCC[C@@](O)(c1ccc(Br)cc1-c1cccc(C)c1)[C@@H]1CCCN(C(=O)OC(C)(C)C)C1. The van der Waals surface area contributed by atoms with E-state index in [4.69, 9.17) is 9.47 Å². The lowest BCUT2D eigenvalue weighted by molar-refractivity contribution is -0.0638. The van der Waals surface area contributed by atoms with Crippen LogP contribution in [-0.4, -0.2) is 48.5 Å². The van der Waals surface area contributed by atoms with E-state index in [1.54, 1.807) is 12.0 Å². The lowest BCUT2D eigenvalue weighted by Crippen LogP contribution is -2.49. The average Bonchev–Trinajstić information content (AvgIpc) is 2.80. The van der Waals surface area contributed by atoms with Gasteiger partial charge in [-0.1, -0.05) is 51.8 Å². The van der Waals surface area contributed by atoms with Crippen molar-refractivity contribution in [2.45, 2.75) is 71.0 Å². The van der Waals surface area contributed by atoms with Gasteiger partial charge in [0.1, 0.15) is 5.60 Å². The van der Waals surface area contributed by atoms with Gasteiger partial charge in [-0.15, -0.1) is 0 Å². The second-order valence-corrected chi connectivity index (χ2v) is 11.6. The molecule has 1 aliphatic heterocycles. The standard InChI is InChI=1S/C29H40BrNO4/c1-21-10-8-11-22(18-21)25-19-24(30)13-14-26(25)29(33,15-6-7-17-34-5)23-12-9-16-31(20-23)27(32)35-28(2,3)4/h8,10-11,13-14,18-19,23,33H,6-7,9,12,15-17,20H2,1-5H3/t23-,29+/m1/s1. The number of rotatable bonds is 8. The molecule has 1 fully saturated rings. The first-order valence-electron chi connectivity index (χ1n) is 12.6. The van der Waals surface area contributed by atoms with Crippen molar-refractivity contribution in [1.82, 2.24) is 4.90 Å². The Kier molecular flexibility index (Phi) is 9.41. The van der Waals surface area contributed by atoms with E-state index in [0.717, 1.165) is 46.8 Å². The molecule has 192 valence electrons. The molecule has 1 N–H and O–H groups in total. The minimum absolute atomic E-state index is 0.101. The molecule has 0 unspecified atom stereocenters. The summed E-state index contributed by atoms with van der Waals surface area (Å²) in [7, 11) is 1.70. The largest absolute Gasteiger partial charge is 0.444 e. The molecule has 1 amide bonds. The number of ether oxygens (including phenoxy) is 2. The second kappa shape index (κ2) is 11.9. The van der Waals surface area contributed by atoms with E-state index in [-0.39, 0.29) is 12.0 Å². The molecule has 0 radical (unpaired) electrons. The number of aryl methyl sites for hydroxylation is 1. The Morgan fingerprint density at radius 2 is 1.94 bits per heavy atom. The maximum Gasteiger partial charge on any atom is 0.410 e. The van der Waals surface area contributed by atoms with Gasteiger partial charge < -0.3 is 19.5 Å². The number of unbranched alkanes of at least 4 members (excludes halogenated alkanes) is 1. The number of carbonyl (C=O) groups excluding carboxylic acids is 1. The van der Waals surface area contributed by atoms with E-state index >= 15 is 0 Å². The molecule has 0 aliphatic carbocycles. The number of amides is 1. The quantitative estimate of drug-likeness (QED) is 0.360. The van der Waals surface area contributed by atoms with Gasteiger partial charge in [-0.2, -0.15) is 0 Å². The molecule has 2 aromatic rings. The molecule has 6 heteroatoms. The maximum atomic E-state index is 12.9. The van der Waals surface area contributed by atoms with Gasteiger partial charge >= 0.3 is 6.09 Å². The van der Waals surface area contributed by atoms with Crippen LogP contribution in [-0.2, 0) is 15.1 Å². The highest BCUT2D eigenvalue weighted by atomic mass is 79.9. The summed E-state index contributed by atoms with van der Waals surface area (Å²) < 4.78 is 11.9. The zero-order chi connectivity index (χ0) is 25.6. The summed E-state index contributed by atoms with van der Waals surface area (Å²) in [4.78, 5) is 14.7. The van der Waals surface area contributed by atoms with Crippen LogP contribution in [0.4, 0.5) is 4.79 Å². The van der Waals surface area contributed by atoms with Gasteiger partial charge in [0.15, 0.2) is 0 Å². The fourth-order valence-corrected chi connectivity index (χ4v) is 5.37. The van der Waals surface area contributed by atoms with Gasteiger partial charge in [0.2, 0.25) is 0 Å². The molecule has 0 saturated carbocycles. The molecule has 3 rings (SSSR count). The third kappa shape index (κ3) is 7.31. The van der Waals surface area contributed by atoms with Crippen LogP contribution in [0.3, 0.4) is 0 Å². The summed E-state index contributed by atoms with van der Waals surface area (Å²) in [5.41, 5.74) is 2.55. The third-order valence-corrected chi connectivity index (χ3v) is 7.18. The molecule has 1 aliphatic rings. The monoisotopic (exact) mass is 545 g/mol. The minimum atomic E-state index is -1.09. The van der Waals surface area contributed by atoms with E-state index in [9.17, 15) is 9.90 Å². The number of hydrogen-bond donors (Lipinski definition) is 1. The van der Waals surface area contributed by atoms with E-state index in [2.05, 4.69) is 53.2 Å². The first-order valence-corrected chi connectivity index (χ1v) is 13.4. The third-order valence-electron chi connectivity index (χ3n) is 6.68. The number of likely N-dealkylation sites (tertiary alicyclic amines) is 1. The van der Waals surface area contributed by atoms with Crippen molar-refractivity contribution >= 4 is 22.0 Å². The second-order valence-electron chi connectivity index (χ2n) is 10.7. The first kappa shape index (κ1) is 27.7. The Morgan fingerprint density at radius 3 is 2.63 bits per heavy atom. The van der Waals surface area contributed by atoms with Gasteiger partial charge in [0, 0.05) is 37.2 Å². The fraction of sp³-hybridized carbons (Fsp3) is 0.552. The lowest BCUT2D eigenvalue weighted by atomic mass is 9.72. The predicted octanol–water partition coefficient (Wildman–Crippen LogP) is 7.08. The van der Waals surface area contributed by atoms with Crippen LogP contribution >= 0.6 is 15.9 Å². The number of halogens is 1.